The van der Waals surface area contributed by atoms with Crippen LogP contribution in [0, 0.1) is 0 Å². The molecular formula is C17H14N2O3. The molecule has 0 atom stereocenters. The van der Waals surface area contributed by atoms with Crippen LogP contribution in [0.5, 0.6) is 11.5 Å². The highest BCUT2D eigenvalue weighted by atomic mass is 16.5. The van der Waals surface area contributed by atoms with E-state index in [-0.39, 0.29) is 0 Å². The third-order valence-electron chi connectivity index (χ3n) is 3.28. The van der Waals surface area contributed by atoms with Gasteiger partial charge in [-0.3, -0.25) is 0 Å². The molecule has 0 aliphatic heterocycles. The van der Waals surface area contributed by atoms with Gasteiger partial charge in [0, 0.05) is 10.9 Å². The number of carbonyl (C=O) groups is 1. The Morgan fingerprint density at radius 2 is 1.77 bits per heavy atom. The molecule has 110 valence electrons. The number of pyridine rings is 1. The number of hydrogen-bond donors (Lipinski definition) is 1. The van der Waals surface area contributed by atoms with Crippen LogP contribution in [0.1, 0.15) is 0 Å². The second kappa shape index (κ2) is 5.73. The Balaban J connectivity index is 2.18. The van der Waals surface area contributed by atoms with Crippen molar-refractivity contribution in [1.82, 2.24) is 4.98 Å². The zero-order valence-corrected chi connectivity index (χ0v) is 11.9. The number of aromatic nitrogens is 1. The Labute approximate surface area is 127 Å². The van der Waals surface area contributed by atoms with E-state index in [0.29, 0.717) is 11.3 Å². The molecule has 0 aliphatic rings. The molecule has 1 heterocycles. The van der Waals surface area contributed by atoms with Crippen LogP contribution < -0.4 is 15.2 Å². The van der Waals surface area contributed by atoms with Gasteiger partial charge in [-0.05, 0) is 24.3 Å². The quantitative estimate of drug-likeness (QED) is 0.803. The van der Waals surface area contributed by atoms with Crippen LogP contribution in [-0.4, -0.2) is 18.2 Å². The predicted octanol–water partition coefficient (Wildman–Crippen LogP) is 3.37. The first-order valence-corrected chi connectivity index (χ1v) is 6.69. The molecule has 22 heavy (non-hydrogen) atoms. The van der Waals surface area contributed by atoms with E-state index < -0.39 is 6.09 Å². The van der Waals surface area contributed by atoms with Gasteiger partial charge in [-0.15, -0.1) is 0 Å². The summed E-state index contributed by atoms with van der Waals surface area (Å²) in [5.74, 6) is 1.06. The smallest absolute Gasteiger partial charge is 0.410 e. The maximum atomic E-state index is 11.0. The van der Waals surface area contributed by atoms with Gasteiger partial charge >= 0.3 is 6.09 Å². The highest BCUT2D eigenvalue weighted by Gasteiger charge is 2.11. The van der Waals surface area contributed by atoms with Crippen molar-refractivity contribution in [2.45, 2.75) is 0 Å². The van der Waals surface area contributed by atoms with Crippen LogP contribution in [0.2, 0.25) is 0 Å². The fraction of sp³-hybridized carbons (Fsp3) is 0.0588. The second-order valence-electron chi connectivity index (χ2n) is 4.65. The topological polar surface area (TPSA) is 74.4 Å². The van der Waals surface area contributed by atoms with Gasteiger partial charge < -0.3 is 15.2 Å². The number of para-hydroxylation sites is 2. The summed E-state index contributed by atoms with van der Waals surface area (Å²) in [6.07, 6.45) is -0.864. The van der Waals surface area contributed by atoms with E-state index in [4.69, 9.17) is 15.2 Å². The number of hydrogen-bond acceptors (Lipinski definition) is 4. The Morgan fingerprint density at radius 1 is 1.00 bits per heavy atom. The van der Waals surface area contributed by atoms with Gasteiger partial charge in [0.1, 0.15) is 11.3 Å². The summed E-state index contributed by atoms with van der Waals surface area (Å²) in [5, 5.41) is 0.859. The standard InChI is InChI=1S/C17H14N2O3/c1-21-14-7-3-2-6-12(14)13-10-9-11-5-4-8-15(16(11)19-13)22-17(18)20/h2-10H,1H3,(H2,18,20). The summed E-state index contributed by atoms with van der Waals surface area (Å²) < 4.78 is 10.4. The maximum absolute atomic E-state index is 11.0. The molecule has 3 rings (SSSR count). The Hall–Kier alpha value is -3.08. The summed E-state index contributed by atoms with van der Waals surface area (Å²) in [5.41, 5.74) is 7.26. The molecule has 3 aromatic rings. The molecule has 0 bridgehead atoms. The minimum atomic E-state index is -0.864. The third kappa shape index (κ3) is 2.56. The normalized spacial score (nSPS) is 10.4. The molecule has 0 radical (unpaired) electrons. The largest absolute Gasteiger partial charge is 0.496 e. The number of nitrogens with zero attached hydrogens (tertiary/aromatic N) is 1. The van der Waals surface area contributed by atoms with Crippen LogP contribution in [0.4, 0.5) is 4.79 Å². The van der Waals surface area contributed by atoms with Gasteiger partial charge in [0.05, 0.1) is 12.8 Å². The molecule has 0 saturated carbocycles. The van der Waals surface area contributed by atoms with E-state index in [1.54, 1.807) is 19.2 Å². The van der Waals surface area contributed by atoms with E-state index in [1.807, 2.05) is 42.5 Å². The molecule has 0 spiro atoms. The number of ether oxygens (including phenoxy) is 2. The van der Waals surface area contributed by atoms with Crippen LogP contribution in [0.25, 0.3) is 22.2 Å². The fourth-order valence-electron chi connectivity index (χ4n) is 2.32. The van der Waals surface area contributed by atoms with Gasteiger partial charge in [0.2, 0.25) is 0 Å². The van der Waals surface area contributed by atoms with Crippen LogP contribution in [0.3, 0.4) is 0 Å². The average molecular weight is 294 g/mol. The lowest BCUT2D eigenvalue weighted by atomic mass is 10.1. The number of fused-ring (bicyclic) bond motifs is 1. The van der Waals surface area contributed by atoms with Crippen molar-refractivity contribution in [2.75, 3.05) is 7.11 Å². The first-order chi connectivity index (χ1) is 10.7. The molecule has 1 amide bonds. The SMILES string of the molecule is COc1ccccc1-c1ccc2cccc(OC(N)=O)c2n1. The molecular weight excluding hydrogens is 280 g/mol. The van der Waals surface area contributed by atoms with E-state index in [1.165, 1.54) is 0 Å². The van der Waals surface area contributed by atoms with Crippen LogP contribution in [-0.2, 0) is 0 Å². The van der Waals surface area contributed by atoms with Crippen molar-refractivity contribution in [1.29, 1.82) is 0 Å². The van der Waals surface area contributed by atoms with Crippen molar-refractivity contribution < 1.29 is 14.3 Å². The van der Waals surface area contributed by atoms with Gasteiger partial charge in [0.25, 0.3) is 0 Å². The van der Waals surface area contributed by atoms with E-state index in [9.17, 15) is 4.79 Å². The van der Waals surface area contributed by atoms with E-state index >= 15 is 0 Å². The number of carbonyl (C=O) groups excluding carboxylic acids is 1. The number of amides is 1. The summed E-state index contributed by atoms with van der Waals surface area (Å²) in [4.78, 5) is 15.6. The molecule has 0 fully saturated rings. The molecule has 0 aliphatic carbocycles. The number of benzene rings is 2. The maximum Gasteiger partial charge on any atom is 0.410 e. The Bertz CT molecular complexity index is 846. The third-order valence-corrected chi connectivity index (χ3v) is 3.28. The number of nitrogens with two attached hydrogens (primary N) is 1. The zero-order chi connectivity index (χ0) is 15.5. The van der Waals surface area contributed by atoms with Gasteiger partial charge in [-0.2, -0.15) is 0 Å². The van der Waals surface area contributed by atoms with Crippen molar-refractivity contribution in [3.63, 3.8) is 0 Å². The minimum Gasteiger partial charge on any atom is -0.496 e. The summed E-state index contributed by atoms with van der Waals surface area (Å²) in [7, 11) is 1.61. The molecule has 0 unspecified atom stereocenters. The molecule has 5 nitrogen and oxygen atoms in total. The lowest BCUT2D eigenvalue weighted by Gasteiger charge is -2.10. The predicted molar refractivity (Wildman–Crippen MR) is 83.9 cm³/mol. The second-order valence-corrected chi connectivity index (χ2v) is 4.65. The van der Waals surface area contributed by atoms with Gasteiger partial charge in [-0.25, -0.2) is 9.78 Å². The number of primary amides is 1. The highest BCUT2D eigenvalue weighted by Crippen LogP contribution is 2.31. The fourth-order valence-corrected chi connectivity index (χ4v) is 2.32. The summed E-state index contributed by atoms with van der Waals surface area (Å²) >= 11 is 0. The molecule has 2 N–H and O–H groups in total. The highest BCUT2D eigenvalue weighted by molar-refractivity contribution is 5.89. The Kier molecular flexibility index (Phi) is 3.62. The monoisotopic (exact) mass is 294 g/mol. The van der Waals surface area contributed by atoms with Crippen molar-refractivity contribution in [2.24, 2.45) is 5.73 Å². The Morgan fingerprint density at radius 3 is 2.55 bits per heavy atom. The minimum absolute atomic E-state index is 0.335. The molecule has 0 saturated heterocycles. The zero-order valence-electron chi connectivity index (χ0n) is 11.9. The van der Waals surface area contributed by atoms with Crippen LogP contribution in [0.15, 0.2) is 54.6 Å². The summed E-state index contributed by atoms with van der Waals surface area (Å²) in [6, 6.07) is 16.7. The first-order valence-electron chi connectivity index (χ1n) is 6.69. The van der Waals surface area contributed by atoms with Gasteiger partial charge in [0.15, 0.2) is 5.75 Å². The number of rotatable bonds is 3. The molecule has 2 aromatic carbocycles. The summed E-state index contributed by atoms with van der Waals surface area (Å²) in [6.45, 7) is 0. The lowest BCUT2D eigenvalue weighted by Crippen LogP contribution is -2.16. The average Bonchev–Trinajstić information content (AvgIpc) is 2.54. The van der Waals surface area contributed by atoms with E-state index in [2.05, 4.69) is 4.98 Å². The lowest BCUT2D eigenvalue weighted by molar-refractivity contribution is 0.211. The van der Waals surface area contributed by atoms with Crippen molar-refractivity contribution in [3.8, 4) is 22.8 Å². The molecule has 5 heteroatoms. The van der Waals surface area contributed by atoms with Gasteiger partial charge in [-0.1, -0.05) is 30.3 Å². The van der Waals surface area contributed by atoms with E-state index in [0.717, 1.165) is 22.4 Å². The van der Waals surface area contributed by atoms with Crippen molar-refractivity contribution in [3.05, 3.63) is 54.6 Å². The number of methoxy groups -OCH3 is 1. The van der Waals surface area contributed by atoms with Crippen LogP contribution >= 0.6 is 0 Å². The van der Waals surface area contributed by atoms with Crippen molar-refractivity contribution >= 4 is 17.0 Å². The first kappa shape index (κ1) is 13.9. The molecule has 1 aromatic heterocycles.